The van der Waals surface area contributed by atoms with Gasteiger partial charge in [0.15, 0.2) is 6.10 Å². The zero-order valence-corrected chi connectivity index (χ0v) is 17.6. The standard InChI is InChI=1S/C23H26F3N3O2/c1-3-20-22(30)28-19-6-4-16(13-21(19)31-20)27-18-7-5-17(12-14(18)2)29-10-8-15(9-11-29)23(24,25)26/h4-7,12-13,15,20,27H,3,8-11H2,1-2H3,(H,28,30). The molecule has 8 heteroatoms. The van der Waals surface area contributed by atoms with Crippen LogP contribution in [0.2, 0.25) is 0 Å². The molecule has 2 heterocycles. The second-order valence-electron chi connectivity index (χ2n) is 8.14. The van der Waals surface area contributed by atoms with Crippen molar-refractivity contribution in [2.24, 2.45) is 5.92 Å². The number of halogens is 3. The smallest absolute Gasteiger partial charge is 0.391 e. The van der Waals surface area contributed by atoms with Crippen molar-refractivity contribution >= 4 is 28.7 Å². The molecule has 0 saturated carbocycles. The molecular formula is C23H26F3N3O2. The summed E-state index contributed by atoms with van der Waals surface area (Å²) in [4.78, 5) is 13.9. The van der Waals surface area contributed by atoms with Gasteiger partial charge in [0, 0.05) is 36.2 Å². The number of aryl methyl sites for hydroxylation is 1. The van der Waals surface area contributed by atoms with Crippen LogP contribution in [0.5, 0.6) is 5.75 Å². The molecule has 2 aliphatic heterocycles. The fourth-order valence-corrected chi connectivity index (χ4v) is 4.09. The number of anilines is 4. The van der Waals surface area contributed by atoms with Crippen molar-refractivity contribution < 1.29 is 22.7 Å². The number of carbonyl (C=O) groups excluding carboxylic acids is 1. The number of carbonyl (C=O) groups is 1. The normalized spacial score (nSPS) is 19.5. The summed E-state index contributed by atoms with van der Waals surface area (Å²) in [6.07, 6.45) is -3.75. The van der Waals surface area contributed by atoms with Gasteiger partial charge < -0.3 is 20.3 Å². The zero-order chi connectivity index (χ0) is 22.2. The maximum absolute atomic E-state index is 12.9. The molecule has 2 aliphatic rings. The quantitative estimate of drug-likeness (QED) is 0.657. The van der Waals surface area contributed by atoms with Crippen molar-refractivity contribution in [3.8, 4) is 5.75 Å². The summed E-state index contributed by atoms with van der Waals surface area (Å²) in [5.74, 6) is -0.714. The van der Waals surface area contributed by atoms with Gasteiger partial charge in [-0.3, -0.25) is 4.79 Å². The molecule has 4 rings (SSSR count). The second-order valence-corrected chi connectivity index (χ2v) is 8.14. The zero-order valence-electron chi connectivity index (χ0n) is 17.6. The molecule has 166 valence electrons. The summed E-state index contributed by atoms with van der Waals surface area (Å²) in [7, 11) is 0. The molecule has 2 aromatic carbocycles. The molecular weight excluding hydrogens is 407 g/mol. The number of rotatable bonds is 4. The first-order valence-electron chi connectivity index (χ1n) is 10.6. The van der Waals surface area contributed by atoms with Crippen LogP contribution in [-0.4, -0.2) is 31.3 Å². The van der Waals surface area contributed by atoms with Gasteiger partial charge in [0.1, 0.15) is 5.75 Å². The van der Waals surface area contributed by atoms with E-state index in [0.717, 1.165) is 22.6 Å². The minimum Gasteiger partial charge on any atom is -0.478 e. The molecule has 31 heavy (non-hydrogen) atoms. The number of ether oxygens (including phenoxy) is 1. The highest BCUT2D eigenvalue weighted by atomic mass is 19.4. The van der Waals surface area contributed by atoms with E-state index in [1.165, 1.54) is 0 Å². The summed E-state index contributed by atoms with van der Waals surface area (Å²) in [5.41, 5.74) is 4.31. The maximum atomic E-state index is 12.9. The van der Waals surface area contributed by atoms with E-state index in [1.807, 2.05) is 49.1 Å². The summed E-state index contributed by atoms with van der Waals surface area (Å²) >= 11 is 0. The molecule has 2 aromatic rings. The Kier molecular flexibility index (Phi) is 5.73. The lowest BCUT2D eigenvalue weighted by molar-refractivity contribution is -0.179. The van der Waals surface area contributed by atoms with Gasteiger partial charge in [-0.25, -0.2) is 0 Å². The van der Waals surface area contributed by atoms with E-state index in [-0.39, 0.29) is 18.7 Å². The fraction of sp³-hybridized carbons (Fsp3) is 0.435. The number of hydrogen-bond acceptors (Lipinski definition) is 4. The van der Waals surface area contributed by atoms with Gasteiger partial charge in [-0.05, 0) is 62.1 Å². The van der Waals surface area contributed by atoms with Crippen LogP contribution in [-0.2, 0) is 4.79 Å². The number of nitrogens with one attached hydrogen (secondary N) is 2. The SMILES string of the molecule is CCC1Oc2cc(Nc3ccc(N4CCC(C(F)(F)F)CC4)cc3C)ccc2NC1=O. The van der Waals surface area contributed by atoms with Crippen molar-refractivity contribution in [3.63, 3.8) is 0 Å². The molecule has 0 bridgehead atoms. The summed E-state index contributed by atoms with van der Waals surface area (Å²) in [6, 6.07) is 11.4. The van der Waals surface area contributed by atoms with Crippen molar-refractivity contribution in [1.29, 1.82) is 0 Å². The van der Waals surface area contributed by atoms with Gasteiger partial charge in [0.25, 0.3) is 5.91 Å². The first-order chi connectivity index (χ1) is 14.7. The minimum absolute atomic E-state index is 0.132. The lowest BCUT2D eigenvalue weighted by atomic mass is 9.96. The Hall–Kier alpha value is -2.90. The van der Waals surface area contributed by atoms with Crippen LogP contribution in [0.25, 0.3) is 0 Å². The number of alkyl halides is 3. The van der Waals surface area contributed by atoms with Crippen molar-refractivity contribution in [2.45, 2.75) is 45.4 Å². The molecule has 1 unspecified atom stereocenters. The van der Waals surface area contributed by atoms with Crippen LogP contribution in [0.15, 0.2) is 36.4 Å². The summed E-state index contributed by atoms with van der Waals surface area (Å²) in [6.45, 7) is 4.68. The number of fused-ring (bicyclic) bond motifs is 1. The van der Waals surface area contributed by atoms with E-state index < -0.39 is 18.2 Å². The highest BCUT2D eigenvalue weighted by Crippen LogP contribution is 2.37. The number of hydrogen-bond donors (Lipinski definition) is 2. The van der Waals surface area contributed by atoms with Crippen LogP contribution >= 0.6 is 0 Å². The van der Waals surface area contributed by atoms with Crippen molar-refractivity contribution in [3.05, 3.63) is 42.0 Å². The molecule has 1 saturated heterocycles. The van der Waals surface area contributed by atoms with Gasteiger partial charge in [-0.2, -0.15) is 13.2 Å². The Bertz CT molecular complexity index is 969. The van der Waals surface area contributed by atoms with Crippen LogP contribution in [0.4, 0.5) is 35.9 Å². The molecule has 0 spiro atoms. The predicted molar refractivity (Wildman–Crippen MR) is 115 cm³/mol. The third-order valence-electron chi connectivity index (χ3n) is 5.98. The average Bonchev–Trinajstić information content (AvgIpc) is 2.74. The maximum Gasteiger partial charge on any atom is 0.391 e. The Morgan fingerprint density at radius 1 is 1.16 bits per heavy atom. The van der Waals surface area contributed by atoms with Crippen LogP contribution < -0.4 is 20.3 Å². The van der Waals surface area contributed by atoms with E-state index in [0.29, 0.717) is 30.9 Å². The summed E-state index contributed by atoms with van der Waals surface area (Å²) in [5, 5.41) is 6.22. The van der Waals surface area contributed by atoms with E-state index in [9.17, 15) is 18.0 Å². The average molecular weight is 433 g/mol. The van der Waals surface area contributed by atoms with Crippen molar-refractivity contribution in [1.82, 2.24) is 0 Å². The first kappa shape index (κ1) is 21.3. The van der Waals surface area contributed by atoms with Gasteiger partial charge >= 0.3 is 6.18 Å². The fourth-order valence-electron chi connectivity index (χ4n) is 4.09. The largest absolute Gasteiger partial charge is 0.478 e. The molecule has 0 aromatic heterocycles. The third-order valence-corrected chi connectivity index (χ3v) is 5.98. The Morgan fingerprint density at radius 2 is 1.90 bits per heavy atom. The van der Waals surface area contributed by atoms with Gasteiger partial charge in [0.2, 0.25) is 0 Å². The number of benzene rings is 2. The highest BCUT2D eigenvalue weighted by Gasteiger charge is 2.41. The van der Waals surface area contributed by atoms with E-state index in [1.54, 1.807) is 6.07 Å². The molecule has 0 radical (unpaired) electrons. The Morgan fingerprint density at radius 3 is 2.55 bits per heavy atom. The topological polar surface area (TPSA) is 53.6 Å². The van der Waals surface area contributed by atoms with E-state index >= 15 is 0 Å². The monoisotopic (exact) mass is 433 g/mol. The molecule has 1 atom stereocenters. The Balaban J connectivity index is 1.44. The van der Waals surface area contributed by atoms with Crippen molar-refractivity contribution in [2.75, 3.05) is 28.6 Å². The van der Waals surface area contributed by atoms with Gasteiger partial charge in [0.05, 0.1) is 11.6 Å². The lowest BCUT2D eigenvalue weighted by Crippen LogP contribution is -2.39. The minimum atomic E-state index is -4.10. The van der Waals surface area contributed by atoms with Gasteiger partial charge in [-0.1, -0.05) is 6.92 Å². The molecule has 5 nitrogen and oxygen atoms in total. The van der Waals surface area contributed by atoms with Gasteiger partial charge in [-0.15, -0.1) is 0 Å². The highest BCUT2D eigenvalue weighted by molar-refractivity contribution is 5.98. The number of piperidine rings is 1. The molecule has 1 amide bonds. The lowest BCUT2D eigenvalue weighted by Gasteiger charge is -2.34. The van der Waals surface area contributed by atoms with E-state index in [4.69, 9.17) is 4.74 Å². The van der Waals surface area contributed by atoms with Crippen LogP contribution in [0.1, 0.15) is 31.7 Å². The van der Waals surface area contributed by atoms with Crippen LogP contribution in [0, 0.1) is 12.8 Å². The molecule has 1 fully saturated rings. The third kappa shape index (κ3) is 4.57. The predicted octanol–water partition coefficient (Wildman–Crippen LogP) is 5.63. The summed E-state index contributed by atoms with van der Waals surface area (Å²) < 4.78 is 44.5. The van der Waals surface area contributed by atoms with Crippen LogP contribution in [0.3, 0.4) is 0 Å². The number of nitrogens with zero attached hydrogens (tertiary/aromatic N) is 1. The molecule has 2 N–H and O–H groups in total. The molecule has 0 aliphatic carbocycles. The van der Waals surface area contributed by atoms with E-state index in [2.05, 4.69) is 10.6 Å². The first-order valence-corrected chi connectivity index (χ1v) is 10.6. The number of amides is 1. The second kappa shape index (κ2) is 8.32. The Labute approximate surface area is 179 Å².